The van der Waals surface area contributed by atoms with Gasteiger partial charge in [0.1, 0.15) is 6.04 Å². The van der Waals surface area contributed by atoms with E-state index in [1.807, 2.05) is 24.5 Å². The smallest absolute Gasteiger partial charge is 0.242 e. The van der Waals surface area contributed by atoms with Gasteiger partial charge in [0.05, 0.1) is 0 Å². The van der Waals surface area contributed by atoms with Gasteiger partial charge in [0.2, 0.25) is 11.8 Å². The molecular formula is C16H22N4O2. The van der Waals surface area contributed by atoms with Crippen molar-refractivity contribution >= 4 is 17.5 Å². The number of rotatable bonds is 4. The molecule has 22 heavy (non-hydrogen) atoms. The Hall–Kier alpha value is -2.11. The lowest BCUT2D eigenvalue weighted by Crippen LogP contribution is -2.45. The van der Waals surface area contributed by atoms with Gasteiger partial charge in [-0.2, -0.15) is 0 Å². The lowest BCUT2D eigenvalue weighted by molar-refractivity contribution is -0.125. The topological polar surface area (TPSA) is 74.3 Å². The Morgan fingerprint density at radius 2 is 2.00 bits per heavy atom. The maximum Gasteiger partial charge on any atom is 0.242 e. The Morgan fingerprint density at radius 1 is 1.27 bits per heavy atom. The average molecular weight is 302 g/mol. The third-order valence-corrected chi connectivity index (χ3v) is 4.52. The van der Waals surface area contributed by atoms with Gasteiger partial charge in [0.15, 0.2) is 0 Å². The molecule has 118 valence electrons. The van der Waals surface area contributed by atoms with E-state index in [1.54, 1.807) is 0 Å². The number of pyridine rings is 1. The van der Waals surface area contributed by atoms with Gasteiger partial charge >= 0.3 is 0 Å². The molecule has 2 saturated heterocycles. The number of amides is 2. The zero-order valence-corrected chi connectivity index (χ0v) is 12.6. The summed E-state index contributed by atoms with van der Waals surface area (Å²) in [4.78, 5) is 29.5. The second-order valence-electron chi connectivity index (χ2n) is 6.04. The summed E-state index contributed by atoms with van der Waals surface area (Å²) in [6.07, 6.45) is 6.85. The summed E-state index contributed by atoms with van der Waals surface area (Å²) in [5.41, 5.74) is 1.21. The van der Waals surface area contributed by atoms with E-state index in [4.69, 9.17) is 0 Å². The first kappa shape index (κ1) is 14.8. The largest absolute Gasteiger partial charge is 0.371 e. The molecule has 0 aliphatic carbocycles. The fraction of sp³-hybridized carbons (Fsp3) is 0.562. The molecule has 2 aliphatic rings. The van der Waals surface area contributed by atoms with Crippen LogP contribution in [0.5, 0.6) is 0 Å². The van der Waals surface area contributed by atoms with Crippen molar-refractivity contribution in [2.75, 3.05) is 24.5 Å². The van der Waals surface area contributed by atoms with Crippen molar-refractivity contribution in [2.45, 2.75) is 31.7 Å². The molecule has 2 amide bonds. The molecule has 1 aromatic heterocycles. The highest BCUT2D eigenvalue weighted by Crippen LogP contribution is 2.22. The van der Waals surface area contributed by atoms with E-state index in [0.29, 0.717) is 25.3 Å². The van der Waals surface area contributed by atoms with Crippen LogP contribution in [0.25, 0.3) is 0 Å². The highest BCUT2D eigenvalue weighted by Gasteiger charge is 2.28. The Morgan fingerprint density at radius 3 is 2.64 bits per heavy atom. The van der Waals surface area contributed by atoms with E-state index in [-0.39, 0.29) is 17.9 Å². The quantitative estimate of drug-likeness (QED) is 0.858. The summed E-state index contributed by atoms with van der Waals surface area (Å²) in [5, 5.41) is 5.69. The molecule has 1 atom stereocenters. The zero-order chi connectivity index (χ0) is 15.4. The monoisotopic (exact) mass is 302 g/mol. The molecule has 2 N–H and O–H groups in total. The molecule has 1 aromatic rings. The van der Waals surface area contributed by atoms with Gasteiger partial charge in [-0.25, -0.2) is 0 Å². The Balaban J connectivity index is 1.41. The van der Waals surface area contributed by atoms with E-state index in [2.05, 4.69) is 20.5 Å². The zero-order valence-electron chi connectivity index (χ0n) is 12.6. The fourth-order valence-corrected chi connectivity index (χ4v) is 3.13. The Bertz CT molecular complexity index is 526. The van der Waals surface area contributed by atoms with Crippen LogP contribution in [0.4, 0.5) is 5.69 Å². The number of carbonyl (C=O) groups is 2. The molecule has 0 radical (unpaired) electrons. The van der Waals surface area contributed by atoms with Crippen molar-refractivity contribution in [1.29, 1.82) is 0 Å². The number of hydrogen-bond donors (Lipinski definition) is 2. The summed E-state index contributed by atoms with van der Waals surface area (Å²) in [7, 11) is 0. The van der Waals surface area contributed by atoms with Crippen LogP contribution < -0.4 is 15.5 Å². The van der Waals surface area contributed by atoms with E-state index >= 15 is 0 Å². The van der Waals surface area contributed by atoms with Gasteiger partial charge in [-0.05, 0) is 37.3 Å². The third-order valence-electron chi connectivity index (χ3n) is 4.52. The first-order valence-corrected chi connectivity index (χ1v) is 7.94. The molecule has 6 heteroatoms. The molecule has 0 saturated carbocycles. The van der Waals surface area contributed by atoms with Crippen LogP contribution >= 0.6 is 0 Å². The summed E-state index contributed by atoms with van der Waals surface area (Å²) in [6, 6.07) is 3.74. The SMILES string of the molecule is O=C1CCC(C(=O)NCC2CCN(c3ccncc3)CC2)N1. The number of aromatic nitrogens is 1. The normalized spacial score (nSPS) is 22.5. The van der Waals surface area contributed by atoms with Crippen LogP contribution in [0.3, 0.4) is 0 Å². The number of nitrogens with one attached hydrogen (secondary N) is 2. The lowest BCUT2D eigenvalue weighted by Gasteiger charge is -2.33. The van der Waals surface area contributed by atoms with E-state index < -0.39 is 0 Å². The lowest BCUT2D eigenvalue weighted by atomic mass is 9.96. The minimum atomic E-state index is -0.329. The van der Waals surface area contributed by atoms with E-state index in [0.717, 1.165) is 25.9 Å². The van der Waals surface area contributed by atoms with Crippen molar-refractivity contribution in [1.82, 2.24) is 15.6 Å². The average Bonchev–Trinajstić information content (AvgIpc) is 3.00. The molecule has 0 bridgehead atoms. The second-order valence-corrected chi connectivity index (χ2v) is 6.04. The molecule has 0 aromatic carbocycles. The van der Waals surface area contributed by atoms with Crippen LogP contribution in [0.2, 0.25) is 0 Å². The molecule has 2 aliphatic heterocycles. The first-order chi connectivity index (χ1) is 10.7. The van der Waals surface area contributed by atoms with Gasteiger partial charge in [0.25, 0.3) is 0 Å². The summed E-state index contributed by atoms with van der Waals surface area (Å²) >= 11 is 0. The highest BCUT2D eigenvalue weighted by atomic mass is 16.2. The number of nitrogens with zero attached hydrogens (tertiary/aromatic N) is 2. The molecule has 1 unspecified atom stereocenters. The predicted molar refractivity (Wildman–Crippen MR) is 83.3 cm³/mol. The van der Waals surface area contributed by atoms with Crippen molar-refractivity contribution in [3.05, 3.63) is 24.5 Å². The van der Waals surface area contributed by atoms with Gasteiger partial charge in [-0.3, -0.25) is 14.6 Å². The standard InChI is InChI=1S/C16H22N4O2/c21-15-2-1-14(19-15)16(22)18-11-12-5-9-20(10-6-12)13-3-7-17-8-4-13/h3-4,7-8,12,14H,1-2,5-6,9-11H2,(H,18,22)(H,19,21). The first-order valence-electron chi connectivity index (χ1n) is 7.94. The molecule has 3 rings (SSSR count). The van der Waals surface area contributed by atoms with Crippen LogP contribution in [0, 0.1) is 5.92 Å². The van der Waals surface area contributed by atoms with Crippen molar-refractivity contribution in [2.24, 2.45) is 5.92 Å². The molecule has 6 nitrogen and oxygen atoms in total. The summed E-state index contributed by atoms with van der Waals surface area (Å²) in [5.74, 6) is 0.451. The predicted octanol–water partition coefficient (Wildman–Crippen LogP) is 0.693. The second kappa shape index (κ2) is 6.77. The van der Waals surface area contributed by atoms with Crippen LogP contribution in [-0.2, 0) is 9.59 Å². The summed E-state index contributed by atoms with van der Waals surface area (Å²) in [6.45, 7) is 2.71. The van der Waals surface area contributed by atoms with Gasteiger partial charge in [-0.1, -0.05) is 0 Å². The summed E-state index contributed by atoms with van der Waals surface area (Å²) < 4.78 is 0. The van der Waals surface area contributed by atoms with E-state index in [9.17, 15) is 9.59 Å². The van der Waals surface area contributed by atoms with Crippen molar-refractivity contribution < 1.29 is 9.59 Å². The van der Waals surface area contributed by atoms with E-state index in [1.165, 1.54) is 5.69 Å². The Kier molecular flexibility index (Phi) is 4.56. The van der Waals surface area contributed by atoms with Gasteiger partial charge in [-0.15, -0.1) is 0 Å². The van der Waals surface area contributed by atoms with Crippen molar-refractivity contribution in [3.63, 3.8) is 0 Å². The number of piperidine rings is 1. The minimum Gasteiger partial charge on any atom is -0.371 e. The van der Waals surface area contributed by atoms with Crippen molar-refractivity contribution in [3.8, 4) is 0 Å². The highest BCUT2D eigenvalue weighted by molar-refractivity contribution is 5.90. The Labute approximate surface area is 130 Å². The van der Waals surface area contributed by atoms with Crippen LogP contribution in [0.15, 0.2) is 24.5 Å². The number of hydrogen-bond acceptors (Lipinski definition) is 4. The van der Waals surface area contributed by atoms with Gasteiger partial charge < -0.3 is 15.5 Å². The minimum absolute atomic E-state index is 0.0224. The van der Waals surface area contributed by atoms with Gasteiger partial charge in [0, 0.05) is 44.1 Å². The maximum atomic E-state index is 12.0. The molecular weight excluding hydrogens is 280 g/mol. The molecule has 2 fully saturated rings. The fourth-order valence-electron chi connectivity index (χ4n) is 3.13. The molecule has 3 heterocycles. The molecule has 0 spiro atoms. The van der Waals surface area contributed by atoms with Crippen LogP contribution in [0.1, 0.15) is 25.7 Å². The van der Waals surface area contributed by atoms with Crippen LogP contribution in [-0.4, -0.2) is 42.5 Å². The number of anilines is 1. The third kappa shape index (κ3) is 3.55. The maximum absolute atomic E-state index is 12.0. The number of carbonyl (C=O) groups excluding carboxylic acids is 2.